The van der Waals surface area contributed by atoms with E-state index in [1.165, 1.54) is 0 Å². The number of likely N-dealkylation sites (tertiary alicyclic amines) is 1. The minimum Gasteiger partial charge on any atom is -0.480 e. The van der Waals surface area contributed by atoms with Gasteiger partial charge in [-0.25, -0.2) is 14.5 Å². The van der Waals surface area contributed by atoms with E-state index in [-0.39, 0.29) is 6.42 Å². The normalized spacial score (nSPS) is 22.9. The summed E-state index contributed by atoms with van der Waals surface area (Å²) >= 11 is 6.15. The zero-order valence-corrected chi connectivity index (χ0v) is 18.4. The summed E-state index contributed by atoms with van der Waals surface area (Å²) in [5, 5.41) is 11.9. The second-order valence-corrected chi connectivity index (χ2v) is 9.01. The standard InChI is InChI=1S/C22H26ClF3N2O4/c1-12-7-10-16(23)14(11-12)8-9-15-17(20(30)31)28(19(15)29)21(32)27-18(22(24,25)26)13-5-3-2-4-6-13/h7,10-11,13,15,17-18H,2-6,8-9H2,1H3,(H,27,32)(H,30,31)/t15-,17+,18+/m1/s1. The number of β-lactam (4-membered cyclic amide) rings is 1. The van der Waals surface area contributed by atoms with Gasteiger partial charge in [0.15, 0.2) is 6.04 Å². The maximum Gasteiger partial charge on any atom is 0.408 e. The van der Waals surface area contributed by atoms with Crippen LogP contribution in [0.5, 0.6) is 0 Å². The number of aliphatic carboxylic acids is 1. The molecule has 3 rings (SSSR count). The van der Waals surface area contributed by atoms with E-state index in [2.05, 4.69) is 0 Å². The lowest BCUT2D eigenvalue weighted by atomic mass is 9.82. The molecule has 2 N–H and O–H groups in total. The third-order valence-electron chi connectivity index (χ3n) is 6.36. The van der Waals surface area contributed by atoms with Crippen molar-refractivity contribution in [1.82, 2.24) is 10.2 Å². The monoisotopic (exact) mass is 474 g/mol. The van der Waals surface area contributed by atoms with E-state index < -0.39 is 48.0 Å². The Balaban J connectivity index is 1.70. The molecule has 1 heterocycles. The first-order valence-corrected chi connectivity index (χ1v) is 11.1. The number of carboxylic acids is 1. The van der Waals surface area contributed by atoms with Crippen LogP contribution in [-0.4, -0.2) is 46.2 Å². The zero-order valence-electron chi connectivity index (χ0n) is 17.6. The largest absolute Gasteiger partial charge is 0.480 e. The number of nitrogens with one attached hydrogen (secondary N) is 1. The van der Waals surface area contributed by atoms with Crippen molar-refractivity contribution >= 4 is 29.5 Å². The number of hydrogen-bond acceptors (Lipinski definition) is 3. The minimum atomic E-state index is -4.69. The third-order valence-corrected chi connectivity index (χ3v) is 6.73. The maximum atomic E-state index is 13.6. The number of carboxylic acid groups (broad SMARTS) is 1. The molecule has 0 spiro atoms. The van der Waals surface area contributed by atoms with Gasteiger partial charge in [0.05, 0.1) is 5.92 Å². The lowest BCUT2D eigenvalue weighted by Gasteiger charge is -2.44. The Hall–Kier alpha value is -2.29. The number of rotatable bonds is 6. The molecule has 10 heteroatoms. The van der Waals surface area contributed by atoms with Gasteiger partial charge in [0.25, 0.3) is 0 Å². The Bertz CT molecular complexity index is 886. The molecular weight excluding hydrogens is 449 g/mol. The first kappa shape index (κ1) is 24.4. The van der Waals surface area contributed by atoms with E-state index in [1.807, 2.05) is 24.4 Å². The van der Waals surface area contributed by atoms with Crippen LogP contribution < -0.4 is 5.32 Å². The Labute approximate surface area is 189 Å². The van der Waals surface area contributed by atoms with Gasteiger partial charge in [-0.15, -0.1) is 0 Å². The van der Waals surface area contributed by atoms with Crippen LogP contribution in [0.3, 0.4) is 0 Å². The molecule has 1 saturated heterocycles. The molecule has 0 radical (unpaired) electrons. The van der Waals surface area contributed by atoms with E-state index in [4.69, 9.17) is 11.6 Å². The summed E-state index contributed by atoms with van der Waals surface area (Å²) in [7, 11) is 0. The molecule has 3 atom stereocenters. The molecule has 0 aromatic heterocycles. The number of amides is 3. The van der Waals surface area contributed by atoms with Crippen molar-refractivity contribution in [2.24, 2.45) is 11.8 Å². The van der Waals surface area contributed by atoms with E-state index in [9.17, 15) is 32.7 Å². The number of aryl methyl sites for hydroxylation is 2. The molecule has 0 unspecified atom stereocenters. The lowest BCUT2D eigenvalue weighted by Crippen LogP contribution is -2.69. The summed E-state index contributed by atoms with van der Waals surface area (Å²) in [6, 6.07) is 0.417. The van der Waals surface area contributed by atoms with Gasteiger partial charge in [-0.2, -0.15) is 13.2 Å². The number of alkyl halides is 3. The van der Waals surface area contributed by atoms with Crippen LogP contribution in [0.15, 0.2) is 18.2 Å². The first-order chi connectivity index (χ1) is 15.0. The van der Waals surface area contributed by atoms with Gasteiger partial charge in [0, 0.05) is 5.02 Å². The predicted octanol–water partition coefficient (Wildman–Crippen LogP) is 4.71. The van der Waals surface area contributed by atoms with Crippen molar-refractivity contribution in [2.75, 3.05) is 0 Å². The van der Waals surface area contributed by atoms with Crippen molar-refractivity contribution in [3.63, 3.8) is 0 Å². The fraction of sp³-hybridized carbons (Fsp3) is 0.591. The Kier molecular flexibility index (Phi) is 7.37. The SMILES string of the molecule is Cc1ccc(Cl)c(CC[C@H]2C(=O)N(C(=O)N[C@@H](C3CCCCC3)C(F)(F)F)[C@@H]2C(=O)O)c1. The van der Waals surface area contributed by atoms with Crippen LogP contribution in [0.4, 0.5) is 18.0 Å². The molecule has 176 valence electrons. The van der Waals surface area contributed by atoms with Crippen LogP contribution in [0.2, 0.25) is 5.02 Å². The molecule has 1 aliphatic heterocycles. The van der Waals surface area contributed by atoms with Gasteiger partial charge in [0.2, 0.25) is 5.91 Å². The number of nitrogens with zero attached hydrogens (tertiary/aromatic N) is 1. The number of imide groups is 1. The molecule has 32 heavy (non-hydrogen) atoms. The zero-order chi connectivity index (χ0) is 23.6. The maximum absolute atomic E-state index is 13.6. The highest BCUT2D eigenvalue weighted by molar-refractivity contribution is 6.31. The summed E-state index contributed by atoms with van der Waals surface area (Å²) in [5.41, 5.74) is 1.68. The van der Waals surface area contributed by atoms with Crippen LogP contribution in [-0.2, 0) is 16.0 Å². The highest BCUT2D eigenvalue weighted by Crippen LogP contribution is 2.36. The van der Waals surface area contributed by atoms with Gasteiger partial charge in [-0.1, -0.05) is 48.6 Å². The fourth-order valence-electron chi connectivity index (χ4n) is 4.68. The van der Waals surface area contributed by atoms with Crippen molar-refractivity contribution in [2.45, 2.75) is 70.1 Å². The molecular formula is C22H26ClF3N2O4. The van der Waals surface area contributed by atoms with Crippen molar-refractivity contribution < 1.29 is 32.7 Å². The van der Waals surface area contributed by atoms with Gasteiger partial charge >= 0.3 is 18.2 Å². The van der Waals surface area contributed by atoms with Crippen LogP contribution >= 0.6 is 11.6 Å². The fourth-order valence-corrected chi connectivity index (χ4v) is 4.89. The number of urea groups is 1. The number of hydrogen-bond donors (Lipinski definition) is 2. The van der Waals surface area contributed by atoms with E-state index in [1.54, 1.807) is 6.07 Å². The van der Waals surface area contributed by atoms with Crippen LogP contribution in [0, 0.1) is 18.8 Å². The second-order valence-electron chi connectivity index (χ2n) is 8.60. The summed E-state index contributed by atoms with van der Waals surface area (Å²) in [4.78, 5) is 37.3. The Morgan fingerprint density at radius 2 is 1.91 bits per heavy atom. The van der Waals surface area contributed by atoms with E-state index in [0.29, 0.717) is 42.0 Å². The topological polar surface area (TPSA) is 86.7 Å². The van der Waals surface area contributed by atoms with Crippen molar-refractivity contribution in [3.8, 4) is 0 Å². The van der Waals surface area contributed by atoms with E-state index >= 15 is 0 Å². The van der Waals surface area contributed by atoms with Gasteiger partial charge in [-0.3, -0.25) is 4.79 Å². The second kappa shape index (κ2) is 9.68. The molecule has 2 fully saturated rings. The number of carbonyl (C=O) groups is 3. The number of carbonyl (C=O) groups excluding carboxylic acids is 2. The van der Waals surface area contributed by atoms with Crippen LogP contribution in [0.1, 0.15) is 49.7 Å². The summed E-state index contributed by atoms with van der Waals surface area (Å²) in [6.45, 7) is 1.86. The average Bonchev–Trinajstić information content (AvgIpc) is 2.72. The minimum absolute atomic E-state index is 0.119. The Morgan fingerprint density at radius 3 is 2.50 bits per heavy atom. The highest BCUT2D eigenvalue weighted by atomic mass is 35.5. The predicted molar refractivity (Wildman–Crippen MR) is 111 cm³/mol. The number of benzene rings is 1. The Morgan fingerprint density at radius 1 is 1.25 bits per heavy atom. The molecule has 3 amide bonds. The van der Waals surface area contributed by atoms with Crippen molar-refractivity contribution in [1.29, 1.82) is 0 Å². The molecule has 1 aliphatic carbocycles. The number of halogens is 4. The van der Waals surface area contributed by atoms with E-state index in [0.717, 1.165) is 17.5 Å². The molecule has 2 aliphatic rings. The highest BCUT2D eigenvalue weighted by Gasteiger charge is 2.56. The lowest BCUT2D eigenvalue weighted by molar-refractivity contribution is -0.173. The quantitative estimate of drug-likeness (QED) is 0.584. The van der Waals surface area contributed by atoms with Gasteiger partial charge in [-0.05, 0) is 50.2 Å². The van der Waals surface area contributed by atoms with Gasteiger partial charge < -0.3 is 10.4 Å². The first-order valence-electron chi connectivity index (χ1n) is 10.7. The van der Waals surface area contributed by atoms with Crippen LogP contribution in [0.25, 0.3) is 0 Å². The van der Waals surface area contributed by atoms with Gasteiger partial charge in [0.1, 0.15) is 6.04 Å². The van der Waals surface area contributed by atoms with Crippen molar-refractivity contribution in [3.05, 3.63) is 34.3 Å². The molecule has 1 saturated carbocycles. The molecule has 1 aromatic carbocycles. The smallest absolute Gasteiger partial charge is 0.408 e. The average molecular weight is 475 g/mol. The molecule has 0 bridgehead atoms. The molecule has 6 nitrogen and oxygen atoms in total. The summed E-state index contributed by atoms with van der Waals surface area (Å²) < 4.78 is 40.8. The summed E-state index contributed by atoms with van der Waals surface area (Å²) in [5.74, 6) is -4.01. The third kappa shape index (κ3) is 5.19. The molecule has 1 aromatic rings. The summed E-state index contributed by atoms with van der Waals surface area (Å²) in [6.07, 6.45) is -1.51.